The minimum Gasteiger partial charge on any atom is -0.480 e. The highest BCUT2D eigenvalue weighted by molar-refractivity contribution is 5.83. The Morgan fingerprint density at radius 1 is 1.06 bits per heavy atom. The zero-order chi connectivity index (χ0) is 24.1. The van der Waals surface area contributed by atoms with Crippen LogP contribution in [-0.2, 0) is 14.3 Å². The number of nitrogens with zero attached hydrogens (tertiary/aromatic N) is 1. The van der Waals surface area contributed by atoms with Gasteiger partial charge in [-0.15, -0.1) is 6.58 Å². The Balaban J connectivity index is 1.34. The van der Waals surface area contributed by atoms with Gasteiger partial charge in [-0.3, -0.25) is 9.59 Å². The maximum absolute atomic E-state index is 12.9. The fourth-order valence-electron chi connectivity index (χ4n) is 5.16. The number of carbonyl (C=O) groups excluding carboxylic acids is 2. The van der Waals surface area contributed by atoms with Gasteiger partial charge in [-0.1, -0.05) is 61.0 Å². The van der Waals surface area contributed by atoms with Crippen LogP contribution in [0.15, 0.2) is 61.2 Å². The molecule has 0 heterocycles. The highest BCUT2D eigenvalue weighted by Crippen LogP contribution is 2.44. The predicted molar refractivity (Wildman–Crippen MR) is 128 cm³/mol. The van der Waals surface area contributed by atoms with Gasteiger partial charge >= 0.3 is 12.1 Å². The van der Waals surface area contributed by atoms with Crippen LogP contribution in [-0.4, -0.2) is 53.7 Å². The van der Waals surface area contributed by atoms with E-state index in [9.17, 15) is 14.4 Å². The lowest BCUT2D eigenvalue weighted by Crippen LogP contribution is -2.45. The van der Waals surface area contributed by atoms with Crippen LogP contribution in [0.4, 0.5) is 4.79 Å². The molecule has 2 aliphatic carbocycles. The lowest BCUT2D eigenvalue weighted by Gasteiger charge is -2.32. The summed E-state index contributed by atoms with van der Waals surface area (Å²) in [4.78, 5) is 37.9. The lowest BCUT2D eigenvalue weighted by atomic mass is 9.84. The summed E-state index contributed by atoms with van der Waals surface area (Å²) >= 11 is 0. The molecule has 2 aromatic carbocycles. The third kappa shape index (κ3) is 5.14. The number of amides is 2. The molecule has 7 nitrogen and oxygen atoms in total. The van der Waals surface area contributed by atoms with Crippen molar-refractivity contribution in [2.45, 2.75) is 37.6 Å². The van der Waals surface area contributed by atoms with Gasteiger partial charge in [0.2, 0.25) is 5.91 Å². The monoisotopic (exact) mass is 462 g/mol. The van der Waals surface area contributed by atoms with Gasteiger partial charge in [0.05, 0.1) is 0 Å². The molecular weight excluding hydrogens is 432 g/mol. The van der Waals surface area contributed by atoms with Crippen LogP contribution in [0.25, 0.3) is 11.1 Å². The SMILES string of the molecule is C=CCN(CC(=O)O)C(=O)C1CCCC(NC(=O)OCC2c3ccccc3-c3ccccc32)C1. The number of benzene rings is 2. The van der Waals surface area contributed by atoms with Crippen molar-refractivity contribution in [3.63, 3.8) is 0 Å². The number of carboxylic acids is 1. The van der Waals surface area contributed by atoms with Gasteiger partial charge in [0, 0.05) is 24.4 Å². The van der Waals surface area contributed by atoms with E-state index in [1.165, 1.54) is 22.1 Å². The summed E-state index contributed by atoms with van der Waals surface area (Å²) in [6.07, 6.45) is 3.71. The van der Waals surface area contributed by atoms with Crippen LogP contribution >= 0.6 is 0 Å². The summed E-state index contributed by atoms with van der Waals surface area (Å²) in [6.45, 7) is 3.68. The van der Waals surface area contributed by atoms with E-state index in [1.807, 2.05) is 24.3 Å². The fraction of sp³-hybridized carbons (Fsp3) is 0.370. The van der Waals surface area contributed by atoms with Crippen molar-refractivity contribution in [3.05, 3.63) is 72.3 Å². The van der Waals surface area contributed by atoms with E-state index in [1.54, 1.807) is 0 Å². The van der Waals surface area contributed by atoms with Crippen LogP contribution in [0, 0.1) is 5.92 Å². The van der Waals surface area contributed by atoms with Crippen molar-refractivity contribution in [2.75, 3.05) is 19.7 Å². The smallest absolute Gasteiger partial charge is 0.407 e. The van der Waals surface area contributed by atoms with Gasteiger partial charge < -0.3 is 20.1 Å². The van der Waals surface area contributed by atoms with Crippen molar-refractivity contribution in [1.29, 1.82) is 0 Å². The second-order valence-electron chi connectivity index (χ2n) is 8.93. The summed E-state index contributed by atoms with van der Waals surface area (Å²) in [5.41, 5.74) is 4.65. The molecule has 34 heavy (non-hydrogen) atoms. The molecule has 0 bridgehead atoms. The number of carbonyl (C=O) groups is 3. The number of fused-ring (bicyclic) bond motifs is 3. The Labute approximate surface area is 199 Å². The second-order valence-corrected chi connectivity index (χ2v) is 8.93. The third-order valence-electron chi connectivity index (χ3n) is 6.68. The highest BCUT2D eigenvalue weighted by Gasteiger charge is 2.33. The highest BCUT2D eigenvalue weighted by atomic mass is 16.5. The van der Waals surface area contributed by atoms with Crippen LogP contribution in [0.1, 0.15) is 42.7 Å². The molecular formula is C27H30N2O5. The van der Waals surface area contributed by atoms with Crippen LogP contribution in [0.5, 0.6) is 0 Å². The molecule has 0 spiro atoms. The number of alkyl carbamates (subject to hydrolysis) is 1. The van der Waals surface area contributed by atoms with Crippen molar-refractivity contribution >= 4 is 18.0 Å². The summed E-state index contributed by atoms with van der Waals surface area (Å²) in [5.74, 6) is -1.60. The minimum absolute atomic E-state index is 0.0117. The van der Waals surface area contributed by atoms with Gasteiger partial charge in [-0.05, 0) is 41.5 Å². The maximum Gasteiger partial charge on any atom is 0.407 e. The van der Waals surface area contributed by atoms with E-state index in [2.05, 4.69) is 36.2 Å². The number of aliphatic carboxylic acids is 1. The van der Waals surface area contributed by atoms with Crippen LogP contribution in [0.2, 0.25) is 0 Å². The molecule has 0 saturated heterocycles. The molecule has 1 saturated carbocycles. The molecule has 2 aromatic rings. The molecule has 0 radical (unpaired) electrons. The van der Waals surface area contributed by atoms with Crippen molar-refractivity contribution in [1.82, 2.24) is 10.2 Å². The van der Waals surface area contributed by atoms with E-state index in [-0.39, 0.29) is 43.5 Å². The average molecular weight is 463 g/mol. The predicted octanol–water partition coefficient (Wildman–Crippen LogP) is 4.18. The van der Waals surface area contributed by atoms with Gasteiger partial charge in [0.1, 0.15) is 13.2 Å². The topological polar surface area (TPSA) is 95.9 Å². The average Bonchev–Trinajstić information content (AvgIpc) is 3.16. The van der Waals surface area contributed by atoms with Crippen molar-refractivity contribution < 1.29 is 24.2 Å². The molecule has 2 amide bonds. The van der Waals surface area contributed by atoms with E-state index >= 15 is 0 Å². The molecule has 2 unspecified atom stereocenters. The standard InChI is InChI=1S/C27H30N2O5/c1-2-14-29(16-25(30)31)26(32)18-8-7-9-19(15-18)28-27(33)34-17-24-22-12-5-3-10-20(22)21-11-4-6-13-23(21)24/h2-6,10-13,18-19,24H,1,7-9,14-17H2,(H,28,33)(H,30,31). The fourth-order valence-corrected chi connectivity index (χ4v) is 5.16. The molecule has 4 rings (SSSR count). The molecule has 7 heteroatoms. The molecule has 1 fully saturated rings. The first kappa shape index (κ1) is 23.5. The third-order valence-corrected chi connectivity index (χ3v) is 6.68. The Morgan fingerprint density at radius 2 is 1.71 bits per heavy atom. The van der Waals surface area contributed by atoms with E-state index in [0.717, 1.165) is 24.0 Å². The number of carboxylic acid groups (broad SMARTS) is 1. The normalized spacial score (nSPS) is 18.9. The van der Waals surface area contributed by atoms with E-state index in [0.29, 0.717) is 12.8 Å². The first-order chi connectivity index (χ1) is 16.5. The number of ether oxygens (including phenoxy) is 1. The second kappa shape index (κ2) is 10.5. The van der Waals surface area contributed by atoms with Crippen LogP contribution < -0.4 is 5.32 Å². The molecule has 0 aromatic heterocycles. The molecule has 178 valence electrons. The molecule has 2 aliphatic rings. The lowest BCUT2D eigenvalue weighted by molar-refractivity contribution is -0.146. The molecule has 0 aliphatic heterocycles. The Kier molecular flexibility index (Phi) is 7.30. The summed E-state index contributed by atoms with van der Waals surface area (Å²) < 4.78 is 5.64. The van der Waals surface area contributed by atoms with Gasteiger partial charge in [0.25, 0.3) is 0 Å². The number of hydrogen-bond donors (Lipinski definition) is 2. The van der Waals surface area contributed by atoms with Gasteiger partial charge in [-0.25, -0.2) is 4.79 Å². The van der Waals surface area contributed by atoms with Crippen molar-refractivity contribution in [3.8, 4) is 11.1 Å². The number of rotatable bonds is 8. The minimum atomic E-state index is -1.06. The first-order valence-electron chi connectivity index (χ1n) is 11.7. The molecule has 2 N–H and O–H groups in total. The molecule has 2 atom stereocenters. The summed E-state index contributed by atoms with van der Waals surface area (Å²) in [5, 5.41) is 12.0. The quantitative estimate of drug-likeness (QED) is 0.574. The van der Waals surface area contributed by atoms with E-state index in [4.69, 9.17) is 9.84 Å². The van der Waals surface area contributed by atoms with E-state index < -0.39 is 12.1 Å². The summed E-state index contributed by atoms with van der Waals surface area (Å²) in [7, 11) is 0. The van der Waals surface area contributed by atoms with Crippen LogP contribution in [0.3, 0.4) is 0 Å². The number of nitrogens with one attached hydrogen (secondary N) is 1. The van der Waals surface area contributed by atoms with Gasteiger partial charge in [-0.2, -0.15) is 0 Å². The number of hydrogen-bond acceptors (Lipinski definition) is 4. The van der Waals surface area contributed by atoms with Crippen molar-refractivity contribution in [2.24, 2.45) is 5.92 Å². The summed E-state index contributed by atoms with van der Waals surface area (Å²) in [6, 6.07) is 16.2. The van der Waals surface area contributed by atoms with Gasteiger partial charge in [0.15, 0.2) is 0 Å². The Morgan fingerprint density at radius 3 is 2.32 bits per heavy atom. The maximum atomic E-state index is 12.9. The zero-order valence-corrected chi connectivity index (χ0v) is 19.1. The first-order valence-corrected chi connectivity index (χ1v) is 11.7. The zero-order valence-electron chi connectivity index (χ0n) is 19.1. The largest absolute Gasteiger partial charge is 0.480 e. The Bertz CT molecular complexity index is 1040. The Hall–Kier alpha value is -3.61.